The van der Waals surface area contributed by atoms with Crippen LogP contribution in [0.1, 0.15) is 0 Å². The summed E-state index contributed by atoms with van der Waals surface area (Å²) in [6, 6.07) is 7.03. The number of hydrogen-bond donors (Lipinski definition) is 0. The van der Waals surface area contributed by atoms with E-state index < -0.39 is 11.4 Å². The van der Waals surface area contributed by atoms with E-state index in [9.17, 15) is 9.90 Å². The summed E-state index contributed by atoms with van der Waals surface area (Å²) in [5.74, 6) is -0.707. The first-order valence-corrected chi connectivity index (χ1v) is 3.83. The van der Waals surface area contributed by atoms with E-state index in [4.69, 9.17) is 0 Å². The Kier molecular flexibility index (Phi) is 1.55. The summed E-state index contributed by atoms with van der Waals surface area (Å²) in [6.45, 7) is 0. The van der Waals surface area contributed by atoms with Crippen molar-refractivity contribution < 1.29 is 5.11 Å². The average Bonchev–Trinajstić information content (AvgIpc) is 2.15. The summed E-state index contributed by atoms with van der Waals surface area (Å²) in [7, 11) is 1.56. The lowest BCUT2D eigenvalue weighted by Crippen LogP contribution is -2.17. The minimum atomic E-state index is -0.707. The number of rotatable bonds is 0. The Morgan fingerprint density at radius 3 is 2.77 bits per heavy atom. The van der Waals surface area contributed by atoms with Gasteiger partial charge in [0.05, 0.1) is 11.0 Å². The molecule has 1 aromatic heterocycles. The quantitative estimate of drug-likeness (QED) is 0.601. The number of para-hydroxylation sites is 2. The van der Waals surface area contributed by atoms with Gasteiger partial charge in [-0.05, 0) is 12.1 Å². The van der Waals surface area contributed by atoms with Gasteiger partial charge in [0.2, 0.25) is 0 Å². The molecule has 0 saturated heterocycles. The first-order chi connectivity index (χ1) is 6.20. The molecule has 0 saturated carbocycles. The first-order valence-electron chi connectivity index (χ1n) is 3.83. The van der Waals surface area contributed by atoms with E-state index in [1.807, 2.05) is 0 Å². The van der Waals surface area contributed by atoms with Crippen LogP contribution in [0.3, 0.4) is 0 Å². The normalized spacial score (nSPS) is 10.5. The van der Waals surface area contributed by atoms with Gasteiger partial charge in [-0.25, -0.2) is 4.98 Å². The van der Waals surface area contributed by atoms with Gasteiger partial charge in [0.25, 0.3) is 0 Å². The smallest absolute Gasteiger partial charge is 0.305 e. The lowest BCUT2D eigenvalue weighted by molar-refractivity contribution is 0.329. The second kappa shape index (κ2) is 2.58. The lowest BCUT2D eigenvalue weighted by Gasteiger charge is -2.01. The van der Waals surface area contributed by atoms with E-state index in [2.05, 4.69) is 4.98 Å². The number of benzene rings is 1. The lowest BCUT2D eigenvalue weighted by atomic mass is 10.3. The van der Waals surface area contributed by atoms with Gasteiger partial charge >= 0.3 is 11.4 Å². The molecule has 0 atom stereocenters. The molecule has 0 N–H and O–H groups in total. The van der Waals surface area contributed by atoms with Crippen LogP contribution in [0.25, 0.3) is 11.0 Å². The van der Waals surface area contributed by atoms with Crippen molar-refractivity contribution in [2.24, 2.45) is 7.05 Å². The molecule has 0 spiro atoms. The maximum absolute atomic E-state index is 11.2. The van der Waals surface area contributed by atoms with Crippen molar-refractivity contribution in [3.05, 3.63) is 34.6 Å². The molecule has 1 aromatic carbocycles. The number of aryl methyl sites for hydroxylation is 1. The molecule has 1 radical (unpaired) electrons. The van der Waals surface area contributed by atoms with Crippen LogP contribution in [0.15, 0.2) is 29.1 Å². The summed E-state index contributed by atoms with van der Waals surface area (Å²) in [6.07, 6.45) is 0. The van der Waals surface area contributed by atoms with Crippen LogP contribution in [0.2, 0.25) is 0 Å². The molecule has 65 valence electrons. The van der Waals surface area contributed by atoms with Gasteiger partial charge in [0.1, 0.15) is 0 Å². The van der Waals surface area contributed by atoms with Crippen molar-refractivity contribution in [3.8, 4) is 5.88 Å². The zero-order valence-electron chi connectivity index (χ0n) is 7.02. The molecular formula is C9H7N2O2. The molecule has 0 bridgehead atoms. The molecule has 4 nitrogen and oxygen atoms in total. The van der Waals surface area contributed by atoms with Crippen molar-refractivity contribution in [1.82, 2.24) is 9.55 Å². The number of hydrogen-bond acceptors (Lipinski definition) is 2. The third-order valence-electron chi connectivity index (χ3n) is 1.95. The van der Waals surface area contributed by atoms with E-state index in [0.29, 0.717) is 11.0 Å². The van der Waals surface area contributed by atoms with E-state index >= 15 is 0 Å². The summed E-state index contributed by atoms with van der Waals surface area (Å²) < 4.78 is 1.31. The molecule has 1 heterocycles. The predicted molar refractivity (Wildman–Crippen MR) is 47.1 cm³/mol. The first kappa shape index (κ1) is 7.79. The van der Waals surface area contributed by atoms with Crippen LogP contribution >= 0.6 is 0 Å². The molecule has 0 fully saturated rings. The van der Waals surface area contributed by atoms with Gasteiger partial charge in [-0.3, -0.25) is 9.90 Å². The van der Waals surface area contributed by atoms with Gasteiger partial charge in [0, 0.05) is 7.05 Å². The second-order valence-electron chi connectivity index (χ2n) is 2.77. The predicted octanol–water partition coefficient (Wildman–Crippen LogP) is 1.08. The topological polar surface area (TPSA) is 54.8 Å². The largest absolute Gasteiger partial charge is 0.336 e. The van der Waals surface area contributed by atoms with Gasteiger partial charge in [-0.15, -0.1) is 0 Å². The van der Waals surface area contributed by atoms with Crippen LogP contribution in [-0.2, 0) is 12.2 Å². The monoisotopic (exact) mass is 175 g/mol. The molecule has 2 rings (SSSR count). The molecule has 0 aliphatic heterocycles. The Hall–Kier alpha value is -1.84. The molecule has 0 aliphatic carbocycles. The average molecular weight is 175 g/mol. The SMILES string of the molecule is Cn1c(=O)c([O])nc2ccccc21. The zero-order chi connectivity index (χ0) is 9.42. The second-order valence-corrected chi connectivity index (χ2v) is 2.77. The highest BCUT2D eigenvalue weighted by Gasteiger charge is 2.06. The minimum absolute atomic E-state index is 0.551. The third kappa shape index (κ3) is 1.07. The zero-order valence-corrected chi connectivity index (χ0v) is 7.02. The number of nitrogens with zero attached hydrogens (tertiary/aromatic N) is 2. The van der Waals surface area contributed by atoms with Crippen molar-refractivity contribution in [1.29, 1.82) is 0 Å². The Morgan fingerprint density at radius 1 is 1.31 bits per heavy atom. The van der Waals surface area contributed by atoms with Gasteiger partial charge in [-0.2, -0.15) is 0 Å². The van der Waals surface area contributed by atoms with E-state index in [1.165, 1.54) is 4.57 Å². The van der Waals surface area contributed by atoms with E-state index in [0.717, 1.165) is 0 Å². The van der Waals surface area contributed by atoms with Crippen molar-refractivity contribution in [2.45, 2.75) is 0 Å². The number of aromatic nitrogens is 2. The van der Waals surface area contributed by atoms with Crippen LogP contribution in [-0.4, -0.2) is 9.55 Å². The van der Waals surface area contributed by atoms with Crippen LogP contribution in [0.4, 0.5) is 0 Å². The molecule has 0 amide bonds. The Morgan fingerprint density at radius 2 is 2.00 bits per heavy atom. The Balaban J connectivity index is 3.02. The maximum atomic E-state index is 11.2. The summed E-state index contributed by atoms with van der Waals surface area (Å²) in [5.41, 5.74) is 0.639. The summed E-state index contributed by atoms with van der Waals surface area (Å²) in [4.78, 5) is 14.8. The molecule has 0 aliphatic rings. The van der Waals surface area contributed by atoms with E-state index in [1.54, 1.807) is 31.3 Å². The summed E-state index contributed by atoms with van der Waals surface area (Å²) >= 11 is 0. The minimum Gasteiger partial charge on any atom is -0.305 e. The molecule has 4 heteroatoms. The van der Waals surface area contributed by atoms with E-state index in [-0.39, 0.29) is 0 Å². The summed E-state index contributed by atoms with van der Waals surface area (Å²) in [5, 5.41) is 11.0. The van der Waals surface area contributed by atoms with Crippen LogP contribution in [0, 0.1) is 0 Å². The third-order valence-corrected chi connectivity index (χ3v) is 1.95. The molecular weight excluding hydrogens is 168 g/mol. The maximum Gasteiger partial charge on any atom is 0.336 e. The fourth-order valence-corrected chi connectivity index (χ4v) is 1.25. The Bertz CT molecular complexity index is 516. The van der Waals surface area contributed by atoms with Gasteiger partial charge in [-0.1, -0.05) is 12.1 Å². The van der Waals surface area contributed by atoms with Crippen molar-refractivity contribution >= 4 is 11.0 Å². The Labute approximate surface area is 74.1 Å². The molecule has 2 aromatic rings. The van der Waals surface area contributed by atoms with Gasteiger partial charge < -0.3 is 4.57 Å². The fourth-order valence-electron chi connectivity index (χ4n) is 1.25. The van der Waals surface area contributed by atoms with Crippen molar-refractivity contribution in [3.63, 3.8) is 0 Å². The standard InChI is InChI=1S/C9H7N2O2/c1-11-7-5-3-2-4-6(7)10-8(12)9(11)13/h2-5H,1H3. The van der Waals surface area contributed by atoms with Crippen LogP contribution in [0.5, 0.6) is 5.88 Å². The highest BCUT2D eigenvalue weighted by Crippen LogP contribution is 2.10. The number of fused-ring (bicyclic) bond motifs is 1. The van der Waals surface area contributed by atoms with Crippen molar-refractivity contribution in [2.75, 3.05) is 0 Å². The highest BCUT2D eigenvalue weighted by molar-refractivity contribution is 5.74. The fraction of sp³-hybridized carbons (Fsp3) is 0.111. The highest BCUT2D eigenvalue weighted by atomic mass is 16.3. The van der Waals surface area contributed by atoms with Gasteiger partial charge in [0.15, 0.2) is 0 Å². The molecule has 0 unspecified atom stereocenters. The van der Waals surface area contributed by atoms with Crippen LogP contribution < -0.4 is 5.56 Å². The molecule has 13 heavy (non-hydrogen) atoms.